The number of aliphatic imine (C=N–C) groups is 1. The Morgan fingerprint density at radius 3 is 2.70 bits per heavy atom. The Morgan fingerprint density at radius 1 is 1.39 bits per heavy atom. The molecule has 1 aromatic heterocycles. The molecule has 1 aromatic carbocycles. The summed E-state index contributed by atoms with van der Waals surface area (Å²) in [5, 5.41) is 19.5. The number of hydrogen-bond donors (Lipinski definition) is 3. The Labute approximate surface area is 131 Å². The second kappa shape index (κ2) is 6.26. The first-order chi connectivity index (χ1) is 10.8. The number of nitrogens with zero attached hydrogens (tertiary/aromatic N) is 3. The maximum Gasteiger partial charge on any atom is 0.280 e. The van der Waals surface area contributed by atoms with Gasteiger partial charge in [-0.25, -0.2) is 19.8 Å². The second-order valence-electron chi connectivity index (χ2n) is 5.04. The van der Waals surface area contributed by atoms with Gasteiger partial charge in [-0.2, -0.15) is 0 Å². The van der Waals surface area contributed by atoms with E-state index in [9.17, 15) is 14.9 Å². The number of hydrogen-bond acceptors (Lipinski definition) is 4. The summed E-state index contributed by atoms with van der Waals surface area (Å²) in [6.07, 6.45) is 1.13. The van der Waals surface area contributed by atoms with Crippen molar-refractivity contribution in [1.29, 1.82) is 5.41 Å². The number of aromatic nitrogens is 2. The van der Waals surface area contributed by atoms with Crippen molar-refractivity contribution in [1.82, 2.24) is 15.2 Å². The van der Waals surface area contributed by atoms with Gasteiger partial charge in [0.15, 0.2) is 5.03 Å². The molecule has 1 heterocycles. The van der Waals surface area contributed by atoms with Crippen molar-refractivity contribution in [3.63, 3.8) is 0 Å². The second-order valence-corrected chi connectivity index (χ2v) is 5.04. The number of nitrogens with one attached hydrogen (secondary N) is 3. The van der Waals surface area contributed by atoms with Crippen molar-refractivity contribution in [2.24, 2.45) is 4.99 Å². The fourth-order valence-electron chi connectivity index (χ4n) is 2.00. The third-order valence-corrected chi connectivity index (χ3v) is 3.39. The van der Waals surface area contributed by atoms with Gasteiger partial charge < -0.3 is 0 Å². The minimum Gasteiger partial charge on any atom is -0.295 e. The molecule has 2 aromatic rings. The summed E-state index contributed by atoms with van der Waals surface area (Å²) < 4.78 is 1.37. The lowest BCUT2D eigenvalue weighted by Gasteiger charge is -2.05. The van der Waals surface area contributed by atoms with Crippen LogP contribution in [-0.2, 0) is 0 Å². The number of benzene rings is 1. The molecule has 0 fully saturated rings. The van der Waals surface area contributed by atoms with E-state index in [1.807, 2.05) is 32.0 Å². The molecule has 0 unspecified atom stereocenters. The van der Waals surface area contributed by atoms with Crippen LogP contribution in [0, 0.1) is 36.3 Å². The first-order valence-electron chi connectivity index (χ1n) is 6.72. The minimum absolute atomic E-state index is 0.234. The van der Waals surface area contributed by atoms with Gasteiger partial charge in [0.05, 0.1) is 11.3 Å². The van der Waals surface area contributed by atoms with E-state index in [0.717, 1.165) is 17.3 Å². The summed E-state index contributed by atoms with van der Waals surface area (Å²) in [4.78, 5) is 26.2. The van der Waals surface area contributed by atoms with Crippen LogP contribution in [0.15, 0.2) is 28.0 Å². The van der Waals surface area contributed by atoms with Crippen LogP contribution in [-0.4, -0.2) is 27.0 Å². The van der Waals surface area contributed by atoms with Crippen LogP contribution in [0.1, 0.15) is 22.4 Å². The normalized spacial score (nSPS) is 10.9. The molecular formula is C14H16N6O3. The molecule has 0 aliphatic carbocycles. The molecule has 9 heteroatoms. The van der Waals surface area contributed by atoms with E-state index in [1.54, 1.807) is 12.3 Å². The highest BCUT2D eigenvalue weighted by molar-refractivity contribution is 5.92. The predicted octanol–water partition coefficient (Wildman–Crippen LogP) is 1.23. The number of aryl methyl sites for hydroxylation is 3. The SMILES string of the molecule is Cc1ccc(-n2[nH]c(C)c(C=NC(=N)N[N+](=O)[O-])c2=O)cc1C. The monoisotopic (exact) mass is 316 g/mol. The zero-order chi connectivity index (χ0) is 17.1. The van der Waals surface area contributed by atoms with Crippen molar-refractivity contribution >= 4 is 12.2 Å². The van der Waals surface area contributed by atoms with Gasteiger partial charge in [0, 0.05) is 11.9 Å². The molecule has 0 amide bonds. The summed E-state index contributed by atoms with van der Waals surface area (Å²) in [7, 11) is 0. The molecule has 0 spiro atoms. The number of hydrazine groups is 1. The van der Waals surface area contributed by atoms with Crippen LogP contribution < -0.4 is 11.0 Å². The Hall–Kier alpha value is -3.23. The Kier molecular flexibility index (Phi) is 4.39. The first-order valence-corrected chi connectivity index (χ1v) is 6.72. The van der Waals surface area contributed by atoms with Crippen LogP contribution in [0.3, 0.4) is 0 Å². The molecular weight excluding hydrogens is 300 g/mol. The molecule has 0 aliphatic heterocycles. The van der Waals surface area contributed by atoms with Gasteiger partial charge in [-0.15, -0.1) is 0 Å². The lowest BCUT2D eigenvalue weighted by molar-refractivity contribution is -0.525. The zero-order valence-corrected chi connectivity index (χ0v) is 12.9. The van der Waals surface area contributed by atoms with E-state index < -0.39 is 11.0 Å². The van der Waals surface area contributed by atoms with Gasteiger partial charge in [0.1, 0.15) is 0 Å². The molecule has 3 N–H and O–H groups in total. The first kappa shape index (κ1) is 16.1. The smallest absolute Gasteiger partial charge is 0.280 e. The van der Waals surface area contributed by atoms with E-state index >= 15 is 0 Å². The Balaban J connectivity index is 2.38. The zero-order valence-electron chi connectivity index (χ0n) is 12.9. The molecule has 2 rings (SSSR count). The van der Waals surface area contributed by atoms with Crippen molar-refractivity contribution < 1.29 is 5.03 Å². The third kappa shape index (κ3) is 3.51. The molecule has 0 aliphatic rings. The topological polar surface area (TPSA) is 129 Å². The summed E-state index contributed by atoms with van der Waals surface area (Å²) in [6.45, 7) is 5.62. The maximum atomic E-state index is 12.4. The molecule has 9 nitrogen and oxygen atoms in total. The van der Waals surface area contributed by atoms with E-state index in [2.05, 4.69) is 10.1 Å². The number of aromatic amines is 1. The molecule has 0 radical (unpaired) electrons. The fraction of sp³-hybridized carbons (Fsp3) is 0.214. The molecule has 23 heavy (non-hydrogen) atoms. The van der Waals surface area contributed by atoms with E-state index in [-0.39, 0.29) is 11.1 Å². The average Bonchev–Trinajstić information content (AvgIpc) is 2.74. The van der Waals surface area contributed by atoms with Crippen molar-refractivity contribution in [2.75, 3.05) is 0 Å². The van der Waals surface area contributed by atoms with Crippen LogP contribution in [0.25, 0.3) is 5.69 Å². The standard InChI is InChI=1S/C14H16N6O3/c1-8-4-5-11(6-9(8)2)19-13(21)12(10(3)17-19)7-16-14(15)18-20(22)23/h4-7,17H,1-3H3,(H2,15,18). The lowest BCUT2D eigenvalue weighted by Crippen LogP contribution is -2.27. The van der Waals surface area contributed by atoms with E-state index in [4.69, 9.17) is 5.41 Å². The molecule has 0 atom stereocenters. The summed E-state index contributed by atoms with van der Waals surface area (Å²) in [5.74, 6) is -0.660. The number of rotatable bonds is 3. The molecule has 0 saturated heterocycles. The highest BCUT2D eigenvalue weighted by atomic mass is 16.7. The minimum atomic E-state index is -0.892. The Morgan fingerprint density at radius 2 is 2.09 bits per heavy atom. The van der Waals surface area contributed by atoms with Gasteiger partial charge in [0.2, 0.25) is 0 Å². The predicted molar refractivity (Wildman–Crippen MR) is 86.1 cm³/mol. The molecule has 0 bridgehead atoms. The third-order valence-electron chi connectivity index (χ3n) is 3.39. The highest BCUT2D eigenvalue weighted by Crippen LogP contribution is 2.12. The summed E-state index contributed by atoms with van der Waals surface area (Å²) in [5.41, 5.74) is 4.88. The van der Waals surface area contributed by atoms with Crippen molar-refractivity contribution in [2.45, 2.75) is 20.8 Å². The number of nitro groups is 1. The highest BCUT2D eigenvalue weighted by Gasteiger charge is 2.11. The maximum absolute atomic E-state index is 12.4. The van der Waals surface area contributed by atoms with Gasteiger partial charge in [-0.05, 0) is 44.0 Å². The van der Waals surface area contributed by atoms with E-state index in [1.165, 1.54) is 4.68 Å². The van der Waals surface area contributed by atoms with Crippen molar-refractivity contribution in [3.8, 4) is 5.69 Å². The van der Waals surface area contributed by atoms with E-state index in [0.29, 0.717) is 11.4 Å². The van der Waals surface area contributed by atoms with Gasteiger partial charge in [-0.3, -0.25) is 15.3 Å². The fourth-order valence-corrected chi connectivity index (χ4v) is 2.00. The van der Waals surface area contributed by atoms with Gasteiger partial charge >= 0.3 is 0 Å². The lowest BCUT2D eigenvalue weighted by atomic mass is 10.1. The van der Waals surface area contributed by atoms with Crippen molar-refractivity contribution in [3.05, 3.63) is 61.1 Å². The number of H-pyrrole nitrogens is 1. The largest absolute Gasteiger partial charge is 0.295 e. The summed E-state index contributed by atoms with van der Waals surface area (Å²) >= 11 is 0. The Bertz CT molecular complexity index is 862. The van der Waals surface area contributed by atoms with Gasteiger partial charge in [0.25, 0.3) is 11.5 Å². The van der Waals surface area contributed by atoms with Gasteiger partial charge in [-0.1, -0.05) is 11.5 Å². The molecule has 0 saturated carbocycles. The van der Waals surface area contributed by atoms with Crippen LogP contribution in [0.5, 0.6) is 0 Å². The quantitative estimate of drug-likeness (QED) is 0.340. The van der Waals surface area contributed by atoms with Crippen LogP contribution in [0.2, 0.25) is 0 Å². The summed E-state index contributed by atoms with van der Waals surface area (Å²) in [6, 6.07) is 5.61. The average molecular weight is 316 g/mol. The molecule has 120 valence electrons. The van der Waals surface area contributed by atoms with Crippen LogP contribution >= 0.6 is 0 Å². The number of guanidine groups is 1. The van der Waals surface area contributed by atoms with Crippen LogP contribution in [0.4, 0.5) is 0 Å².